The van der Waals surface area contributed by atoms with Crippen LogP contribution in [0.4, 0.5) is 5.82 Å². The molecule has 5 N–H and O–H groups in total. The molecular weight excluding hydrogens is 270 g/mol. The Hall–Kier alpha value is -1.89. The minimum absolute atomic E-state index is 0.0303. The third kappa shape index (κ3) is 2.53. The highest BCUT2D eigenvalue weighted by Gasteiger charge is 2.38. The lowest BCUT2D eigenvalue weighted by Gasteiger charge is -2.34. The molecule has 21 heavy (non-hydrogen) atoms. The molecule has 1 aliphatic carbocycles. The summed E-state index contributed by atoms with van der Waals surface area (Å²) in [5, 5.41) is 12.2. The Morgan fingerprint density at radius 2 is 2.05 bits per heavy atom. The predicted octanol–water partition coefficient (Wildman–Crippen LogP) is 0.713. The van der Waals surface area contributed by atoms with Gasteiger partial charge in [0.05, 0.1) is 0 Å². The number of carbonyl (C=O) groups excluding carboxylic acids is 2. The van der Waals surface area contributed by atoms with Gasteiger partial charge in [-0.15, -0.1) is 0 Å². The number of hydrogen-bond acceptors (Lipinski definition) is 4. The maximum atomic E-state index is 12.0. The Morgan fingerprint density at radius 1 is 1.33 bits per heavy atom. The Bertz CT molecular complexity index is 560. The van der Waals surface area contributed by atoms with Crippen molar-refractivity contribution in [3.8, 4) is 0 Å². The molecule has 2 heterocycles. The highest BCUT2D eigenvalue weighted by atomic mass is 16.2. The molecule has 2 aliphatic rings. The van der Waals surface area contributed by atoms with Crippen LogP contribution in [0.1, 0.15) is 54.1 Å². The van der Waals surface area contributed by atoms with Gasteiger partial charge in [0.15, 0.2) is 5.82 Å². The molecule has 1 atom stereocenters. The molecule has 1 saturated carbocycles. The highest BCUT2D eigenvalue weighted by molar-refractivity contribution is 6.00. The zero-order valence-corrected chi connectivity index (χ0v) is 12.1. The molecule has 1 aromatic rings. The van der Waals surface area contributed by atoms with Gasteiger partial charge < -0.3 is 16.4 Å². The second-order valence-corrected chi connectivity index (χ2v) is 5.97. The maximum Gasteiger partial charge on any atom is 0.269 e. The van der Waals surface area contributed by atoms with E-state index in [1.807, 2.05) is 0 Å². The van der Waals surface area contributed by atoms with Crippen molar-refractivity contribution in [3.63, 3.8) is 0 Å². The molecule has 1 fully saturated rings. The van der Waals surface area contributed by atoms with E-state index in [1.54, 1.807) is 7.05 Å². The van der Waals surface area contributed by atoms with E-state index in [0.29, 0.717) is 23.9 Å². The van der Waals surface area contributed by atoms with Crippen LogP contribution in [0.2, 0.25) is 0 Å². The van der Waals surface area contributed by atoms with Crippen molar-refractivity contribution in [3.05, 3.63) is 11.3 Å². The monoisotopic (exact) mass is 291 g/mol. The molecule has 0 radical (unpaired) electrons. The Balaban J connectivity index is 1.94. The quantitative estimate of drug-likeness (QED) is 0.642. The predicted molar refractivity (Wildman–Crippen MR) is 77.9 cm³/mol. The van der Waals surface area contributed by atoms with Crippen LogP contribution in [0, 0.1) is 5.92 Å². The average Bonchev–Trinajstić information content (AvgIpc) is 2.90. The van der Waals surface area contributed by atoms with Gasteiger partial charge in [0.1, 0.15) is 5.69 Å². The van der Waals surface area contributed by atoms with Crippen LogP contribution in [0.15, 0.2) is 0 Å². The van der Waals surface area contributed by atoms with Crippen LogP contribution in [0.25, 0.3) is 0 Å². The van der Waals surface area contributed by atoms with E-state index in [4.69, 9.17) is 5.73 Å². The summed E-state index contributed by atoms with van der Waals surface area (Å²) in [6, 6.07) is 0.265. The number of carbonyl (C=O) groups is 2. The fraction of sp³-hybridized carbons (Fsp3) is 0.643. The molecule has 1 aromatic heterocycles. The molecular formula is C14H21N5O2. The van der Waals surface area contributed by atoms with Gasteiger partial charge in [-0.05, 0) is 31.6 Å². The Kier molecular flexibility index (Phi) is 3.67. The van der Waals surface area contributed by atoms with Crippen LogP contribution < -0.4 is 16.4 Å². The normalized spacial score (nSPS) is 28.7. The minimum Gasteiger partial charge on any atom is -0.354 e. The van der Waals surface area contributed by atoms with Gasteiger partial charge in [-0.1, -0.05) is 0 Å². The second kappa shape index (κ2) is 5.48. The number of rotatable bonds is 2. The first kappa shape index (κ1) is 14.1. The number of H-pyrrole nitrogens is 1. The summed E-state index contributed by atoms with van der Waals surface area (Å²) in [4.78, 5) is 23.9. The van der Waals surface area contributed by atoms with E-state index in [9.17, 15) is 9.59 Å². The van der Waals surface area contributed by atoms with Gasteiger partial charge in [0.25, 0.3) is 5.91 Å². The molecule has 0 aromatic carbocycles. The smallest absolute Gasteiger partial charge is 0.269 e. The molecule has 3 rings (SSSR count). The van der Waals surface area contributed by atoms with Crippen molar-refractivity contribution >= 4 is 17.6 Å². The van der Waals surface area contributed by atoms with E-state index in [1.165, 1.54) is 0 Å². The Morgan fingerprint density at radius 3 is 2.71 bits per heavy atom. The zero-order valence-electron chi connectivity index (χ0n) is 12.1. The van der Waals surface area contributed by atoms with Crippen molar-refractivity contribution < 1.29 is 9.59 Å². The van der Waals surface area contributed by atoms with Gasteiger partial charge in [-0.25, -0.2) is 0 Å². The van der Waals surface area contributed by atoms with E-state index in [2.05, 4.69) is 20.8 Å². The SMILES string of the molecule is CNC(=O)c1[nH]nc2c1[C@@H](C1CCC(N)CC1)CC(=O)N2. The third-order valence-corrected chi connectivity index (χ3v) is 4.68. The van der Waals surface area contributed by atoms with E-state index >= 15 is 0 Å². The largest absolute Gasteiger partial charge is 0.354 e. The Labute approximate surface area is 123 Å². The summed E-state index contributed by atoms with van der Waals surface area (Å²) in [5.41, 5.74) is 7.29. The molecule has 0 bridgehead atoms. The number of aromatic nitrogens is 2. The summed E-state index contributed by atoms with van der Waals surface area (Å²) in [6.45, 7) is 0. The van der Waals surface area contributed by atoms with Crippen molar-refractivity contribution in [1.82, 2.24) is 15.5 Å². The molecule has 0 saturated heterocycles. The number of hydrogen-bond donors (Lipinski definition) is 4. The van der Waals surface area contributed by atoms with Crippen LogP contribution in [0.3, 0.4) is 0 Å². The highest BCUT2D eigenvalue weighted by Crippen LogP contribution is 2.43. The molecule has 2 amide bonds. The number of aromatic amines is 1. The number of fused-ring (bicyclic) bond motifs is 1. The van der Waals surface area contributed by atoms with Crippen molar-refractivity contribution in [2.45, 2.75) is 44.1 Å². The summed E-state index contributed by atoms with van der Waals surface area (Å²) < 4.78 is 0. The summed E-state index contributed by atoms with van der Waals surface area (Å²) in [6.07, 6.45) is 4.36. The van der Waals surface area contributed by atoms with Crippen LogP contribution >= 0.6 is 0 Å². The second-order valence-electron chi connectivity index (χ2n) is 5.97. The van der Waals surface area contributed by atoms with E-state index in [0.717, 1.165) is 31.2 Å². The molecule has 1 aliphatic heterocycles. The van der Waals surface area contributed by atoms with Crippen LogP contribution in [-0.4, -0.2) is 35.1 Å². The first-order chi connectivity index (χ1) is 10.1. The number of anilines is 1. The van der Waals surface area contributed by atoms with Gasteiger partial charge in [-0.3, -0.25) is 14.7 Å². The first-order valence-corrected chi connectivity index (χ1v) is 7.46. The van der Waals surface area contributed by atoms with E-state index < -0.39 is 0 Å². The molecule has 7 heteroatoms. The minimum atomic E-state index is -0.197. The average molecular weight is 291 g/mol. The lowest BCUT2D eigenvalue weighted by molar-refractivity contribution is -0.117. The fourth-order valence-corrected chi connectivity index (χ4v) is 3.54. The zero-order chi connectivity index (χ0) is 15.0. The standard InChI is InChI=1S/C14H21N5O2/c1-16-14(21)12-11-9(7-2-4-8(15)5-3-7)6-10(20)17-13(11)19-18-12/h7-9H,2-6,15H2,1H3,(H,16,21)(H2,17,18,19,20)/t7?,8?,9-/m1/s1. The van der Waals surface area contributed by atoms with Gasteiger partial charge in [-0.2, -0.15) is 5.10 Å². The van der Waals surface area contributed by atoms with Crippen molar-refractivity contribution in [2.75, 3.05) is 12.4 Å². The third-order valence-electron chi connectivity index (χ3n) is 4.68. The maximum absolute atomic E-state index is 12.0. The lowest BCUT2D eigenvalue weighted by atomic mass is 9.73. The van der Waals surface area contributed by atoms with E-state index in [-0.39, 0.29) is 23.8 Å². The summed E-state index contributed by atoms with van der Waals surface area (Å²) in [5.74, 6) is 0.711. The lowest BCUT2D eigenvalue weighted by Crippen LogP contribution is -2.33. The number of nitrogens with two attached hydrogens (primary N) is 1. The van der Waals surface area contributed by atoms with Gasteiger partial charge in [0, 0.05) is 31.0 Å². The summed E-state index contributed by atoms with van der Waals surface area (Å²) >= 11 is 0. The summed E-state index contributed by atoms with van der Waals surface area (Å²) in [7, 11) is 1.59. The topological polar surface area (TPSA) is 113 Å². The molecule has 7 nitrogen and oxygen atoms in total. The first-order valence-electron chi connectivity index (χ1n) is 7.46. The van der Waals surface area contributed by atoms with Crippen molar-refractivity contribution in [1.29, 1.82) is 0 Å². The van der Waals surface area contributed by atoms with Gasteiger partial charge in [0.2, 0.25) is 5.91 Å². The molecule has 114 valence electrons. The molecule has 0 unspecified atom stereocenters. The number of nitrogens with zero attached hydrogens (tertiary/aromatic N) is 1. The number of nitrogens with one attached hydrogen (secondary N) is 3. The molecule has 0 spiro atoms. The fourth-order valence-electron chi connectivity index (χ4n) is 3.54. The van der Waals surface area contributed by atoms with Gasteiger partial charge >= 0.3 is 0 Å². The van der Waals surface area contributed by atoms with Crippen LogP contribution in [0.5, 0.6) is 0 Å². The van der Waals surface area contributed by atoms with Crippen LogP contribution in [-0.2, 0) is 4.79 Å². The number of amides is 2. The van der Waals surface area contributed by atoms with Crippen molar-refractivity contribution in [2.24, 2.45) is 11.7 Å².